The van der Waals surface area contributed by atoms with E-state index in [9.17, 15) is 5.11 Å². The minimum atomic E-state index is -0.669. The van der Waals surface area contributed by atoms with Gasteiger partial charge in [-0.15, -0.1) is 21.5 Å². The first-order valence-corrected chi connectivity index (χ1v) is 3.64. The topological polar surface area (TPSA) is 45.7 Å². The van der Waals surface area contributed by atoms with Crippen molar-refractivity contribution in [3.8, 4) is 0 Å². The van der Waals surface area contributed by atoms with E-state index in [0.717, 1.165) is 0 Å². The van der Waals surface area contributed by atoms with Gasteiger partial charge in [0, 0.05) is 0 Å². The fraction of sp³-hybridized carbons (Fsp3) is 0.600. The monoisotopic (exact) mass is 143 g/mol. The van der Waals surface area contributed by atoms with E-state index in [2.05, 4.69) is 10.2 Å². The van der Waals surface area contributed by atoms with Crippen LogP contribution in [-0.2, 0) is 5.11 Å². The third-order valence-corrected chi connectivity index (χ3v) is 1.81. The third kappa shape index (κ3) is 1.46. The molecule has 0 saturated carbocycles. The van der Waals surface area contributed by atoms with Gasteiger partial charge >= 0.3 is 0 Å². The van der Waals surface area contributed by atoms with Crippen molar-refractivity contribution in [1.29, 1.82) is 0 Å². The summed E-state index contributed by atoms with van der Waals surface area (Å²) in [5.74, 6) is 0. The zero-order valence-electron chi connectivity index (χ0n) is 5.07. The minimum Gasteiger partial charge on any atom is -0.225 e. The molecule has 1 radical (unpaired) electrons. The average Bonchev–Trinajstić information content (AvgIpc) is 2.37. The highest BCUT2D eigenvalue weighted by molar-refractivity contribution is 7.09. The van der Waals surface area contributed by atoms with Crippen molar-refractivity contribution < 1.29 is 5.11 Å². The van der Waals surface area contributed by atoms with Crippen molar-refractivity contribution in [1.82, 2.24) is 10.2 Å². The van der Waals surface area contributed by atoms with Gasteiger partial charge in [0.25, 0.3) is 0 Å². The zero-order valence-corrected chi connectivity index (χ0v) is 5.89. The van der Waals surface area contributed by atoms with Gasteiger partial charge in [0.1, 0.15) is 16.6 Å². The lowest BCUT2D eigenvalue weighted by Gasteiger charge is -1.95. The van der Waals surface area contributed by atoms with Crippen LogP contribution in [0, 0.1) is 0 Å². The van der Waals surface area contributed by atoms with Crippen LogP contribution in [0.3, 0.4) is 0 Å². The van der Waals surface area contributed by atoms with Crippen molar-refractivity contribution in [3.05, 3.63) is 10.5 Å². The second kappa shape index (κ2) is 2.89. The molecule has 0 aliphatic heterocycles. The average molecular weight is 143 g/mol. The maximum absolute atomic E-state index is 10.9. The maximum Gasteiger partial charge on any atom is 0.149 e. The number of nitrogens with zero attached hydrogens (tertiary/aromatic N) is 2. The summed E-state index contributed by atoms with van der Waals surface area (Å²) in [6.07, 6.45) is -0.0765. The van der Waals surface area contributed by atoms with Crippen molar-refractivity contribution in [2.45, 2.75) is 19.4 Å². The van der Waals surface area contributed by atoms with E-state index in [4.69, 9.17) is 0 Å². The highest BCUT2D eigenvalue weighted by Crippen LogP contribution is 2.16. The molecule has 49 valence electrons. The molecular formula is C5H7N2OS. The first-order chi connectivity index (χ1) is 4.34. The van der Waals surface area contributed by atoms with E-state index in [1.54, 1.807) is 5.51 Å². The van der Waals surface area contributed by atoms with Crippen LogP contribution in [0.15, 0.2) is 5.51 Å². The Morgan fingerprint density at radius 2 is 2.67 bits per heavy atom. The highest BCUT2D eigenvalue weighted by Gasteiger charge is 2.08. The molecule has 0 bridgehead atoms. The molecule has 0 spiro atoms. The van der Waals surface area contributed by atoms with Crippen molar-refractivity contribution in [2.75, 3.05) is 0 Å². The van der Waals surface area contributed by atoms with E-state index in [-0.39, 0.29) is 0 Å². The molecule has 1 rings (SSSR count). The summed E-state index contributed by atoms with van der Waals surface area (Å²) >= 11 is 1.32. The molecule has 1 heterocycles. The summed E-state index contributed by atoms with van der Waals surface area (Å²) in [5.41, 5.74) is 1.58. The molecule has 0 N–H and O–H groups in total. The molecule has 4 heteroatoms. The summed E-state index contributed by atoms with van der Waals surface area (Å²) in [7, 11) is 0. The first-order valence-electron chi connectivity index (χ1n) is 2.76. The predicted molar refractivity (Wildman–Crippen MR) is 33.6 cm³/mol. The Morgan fingerprint density at radius 3 is 3.11 bits per heavy atom. The van der Waals surface area contributed by atoms with Crippen LogP contribution in [0.4, 0.5) is 0 Å². The van der Waals surface area contributed by atoms with Gasteiger partial charge in [0.15, 0.2) is 0 Å². The Morgan fingerprint density at radius 1 is 1.89 bits per heavy atom. The number of hydrogen-bond acceptors (Lipinski definition) is 3. The predicted octanol–water partition coefficient (Wildman–Crippen LogP) is 1.42. The van der Waals surface area contributed by atoms with E-state index >= 15 is 0 Å². The van der Waals surface area contributed by atoms with Gasteiger partial charge in [-0.1, -0.05) is 6.92 Å². The third-order valence-electron chi connectivity index (χ3n) is 1.02. The lowest BCUT2D eigenvalue weighted by atomic mass is 10.3. The van der Waals surface area contributed by atoms with E-state index in [1.807, 2.05) is 6.92 Å². The van der Waals surface area contributed by atoms with Gasteiger partial charge < -0.3 is 0 Å². The van der Waals surface area contributed by atoms with E-state index in [0.29, 0.717) is 11.4 Å². The smallest absolute Gasteiger partial charge is 0.149 e. The van der Waals surface area contributed by atoms with Gasteiger partial charge in [-0.25, -0.2) is 5.11 Å². The maximum atomic E-state index is 10.9. The number of aromatic nitrogens is 2. The molecule has 1 atom stereocenters. The normalized spacial score (nSPS) is 13.6. The second-order valence-electron chi connectivity index (χ2n) is 1.67. The molecule has 0 fully saturated rings. The van der Waals surface area contributed by atoms with Crippen molar-refractivity contribution in [2.24, 2.45) is 0 Å². The van der Waals surface area contributed by atoms with Gasteiger partial charge in [-0.2, -0.15) is 0 Å². The van der Waals surface area contributed by atoms with Gasteiger partial charge in [0.2, 0.25) is 0 Å². The Balaban J connectivity index is 2.65. The van der Waals surface area contributed by atoms with Crippen molar-refractivity contribution >= 4 is 11.3 Å². The van der Waals surface area contributed by atoms with Crippen LogP contribution in [-0.4, -0.2) is 10.2 Å². The standard InChI is InChI=1S/C5H7N2OS/c1-2-4(8)5-7-6-3-9-5/h3-4H,2H2,1H3. The quantitative estimate of drug-likeness (QED) is 0.628. The van der Waals surface area contributed by atoms with E-state index < -0.39 is 6.10 Å². The van der Waals surface area contributed by atoms with Crippen LogP contribution >= 0.6 is 11.3 Å². The molecule has 1 aromatic heterocycles. The second-order valence-corrected chi connectivity index (χ2v) is 2.54. The van der Waals surface area contributed by atoms with Gasteiger partial charge in [0.05, 0.1) is 0 Å². The van der Waals surface area contributed by atoms with Crippen LogP contribution < -0.4 is 0 Å². The molecule has 0 amide bonds. The molecule has 9 heavy (non-hydrogen) atoms. The Kier molecular flexibility index (Phi) is 2.13. The van der Waals surface area contributed by atoms with Gasteiger partial charge in [-0.05, 0) is 6.42 Å². The molecular weight excluding hydrogens is 136 g/mol. The SMILES string of the molecule is CCC([O])c1nncs1. The molecule has 0 aromatic carbocycles. The largest absolute Gasteiger partial charge is 0.225 e. The van der Waals surface area contributed by atoms with Crippen LogP contribution in [0.2, 0.25) is 0 Å². The summed E-state index contributed by atoms with van der Waals surface area (Å²) < 4.78 is 0. The summed E-state index contributed by atoms with van der Waals surface area (Å²) in [6, 6.07) is 0. The lowest BCUT2D eigenvalue weighted by molar-refractivity contribution is 0.0849. The summed E-state index contributed by atoms with van der Waals surface area (Å²) in [6.45, 7) is 1.85. The molecule has 1 unspecified atom stereocenters. The molecule has 3 nitrogen and oxygen atoms in total. The zero-order chi connectivity index (χ0) is 6.69. The first kappa shape index (κ1) is 6.64. The Bertz CT molecular complexity index is 163. The molecule has 0 saturated heterocycles. The number of hydrogen-bond donors (Lipinski definition) is 0. The van der Waals surface area contributed by atoms with Crippen molar-refractivity contribution in [3.63, 3.8) is 0 Å². The fourth-order valence-electron chi connectivity index (χ4n) is 0.497. The lowest BCUT2D eigenvalue weighted by Crippen LogP contribution is -1.91. The minimum absolute atomic E-state index is 0.592. The van der Waals surface area contributed by atoms with E-state index in [1.165, 1.54) is 11.3 Å². The molecule has 0 aliphatic carbocycles. The summed E-state index contributed by atoms with van der Waals surface area (Å²) in [5, 5.41) is 18.7. The van der Waals surface area contributed by atoms with Gasteiger partial charge in [-0.3, -0.25) is 0 Å². The highest BCUT2D eigenvalue weighted by atomic mass is 32.1. The summed E-state index contributed by atoms with van der Waals surface area (Å²) in [4.78, 5) is 0. The van der Waals surface area contributed by atoms with Crippen LogP contribution in [0.5, 0.6) is 0 Å². The fourth-order valence-corrected chi connectivity index (χ4v) is 1.11. The Hall–Kier alpha value is -0.480. The van der Waals surface area contributed by atoms with Crippen LogP contribution in [0.1, 0.15) is 24.5 Å². The van der Waals surface area contributed by atoms with Crippen LogP contribution in [0.25, 0.3) is 0 Å². The number of rotatable bonds is 2. The molecule has 1 aromatic rings. The molecule has 0 aliphatic rings. The Labute approximate surface area is 57.4 Å².